The molecule has 3 nitrogen and oxygen atoms in total. The van der Waals surface area contributed by atoms with Gasteiger partial charge in [-0.05, 0) is 25.2 Å². The molecule has 9 heteroatoms. The molecule has 0 heterocycles. The molecule has 0 aliphatic carbocycles. The van der Waals surface area contributed by atoms with Crippen molar-refractivity contribution in [1.29, 1.82) is 0 Å². The second-order valence-electron chi connectivity index (χ2n) is 6.06. The molecule has 130 valence electrons. The molecule has 0 N–H and O–H groups in total. The first-order valence-corrected chi connectivity index (χ1v) is 11.9. The third kappa shape index (κ3) is 10.4. The van der Waals surface area contributed by atoms with Crippen molar-refractivity contribution in [3.05, 3.63) is 0 Å². The molecule has 0 bridgehead atoms. The van der Waals surface area contributed by atoms with E-state index in [-0.39, 0.29) is 10.8 Å². The van der Waals surface area contributed by atoms with E-state index in [4.69, 9.17) is 17.0 Å². The fourth-order valence-corrected chi connectivity index (χ4v) is 6.45. The van der Waals surface area contributed by atoms with Gasteiger partial charge in [-0.15, -0.1) is 0 Å². The van der Waals surface area contributed by atoms with E-state index in [1.807, 2.05) is 0 Å². The lowest BCUT2D eigenvalue weighted by Gasteiger charge is -2.28. The quantitative estimate of drug-likeness (QED) is 0.368. The standard InChI is InChI=1S/C13H23F3O3S2Si/c1-6-18-12(20)21-10(8-22(3,4)5)7-11(13(14,15)16)19-9(2)17/h10-11H,6-8H2,1-5H3. The zero-order valence-electron chi connectivity index (χ0n) is 13.5. The molecule has 0 amide bonds. The third-order valence-corrected chi connectivity index (χ3v) is 5.94. The summed E-state index contributed by atoms with van der Waals surface area (Å²) in [7, 11) is -1.62. The molecular weight excluding hydrogens is 353 g/mol. The molecule has 0 aromatic heterocycles. The number of hydrogen-bond acceptors (Lipinski definition) is 5. The summed E-state index contributed by atoms with van der Waals surface area (Å²) in [6, 6.07) is 0.624. The van der Waals surface area contributed by atoms with Gasteiger partial charge in [0, 0.05) is 26.7 Å². The lowest BCUT2D eigenvalue weighted by molar-refractivity contribution is -0.221. The first kappa shape index (κ1) is 21.7. The zero-order chi connectivity index (χ0) is 17.6. The topological polar surface area (TPSA) is 35.5 Å². The van der Waals surface area contributed by atoms with Crippen molar-refractivity contribution in [2.75, 3.05) is 6.61 Å². The Morgan fingerprint density at radius 3 is 2.23 bits per heavy atom. The van der Waals surface area contributed by atoms with E-state index < -0.39 is 31.6 Å². The normalized spacial score (nSPS) is 15.1. The predicted octanol–water partition coefficient (Wildman–Crippen LogP) is 4.63. The molecule has 22 heavy (non-hydrogen) atoms. The number of thiocarbonyl (C=S) groups is 1. The van der Waals surface area contributed by atoms with E-state index >= 15 is 0 Å². The summed E-state index contributed by atoms with van der Waals surface area (Å²) in [6.07, 6.45) is -7.01. The maximum absolute atomic E-state index is 13.0. The van der Waals surface area contributed by atoms with Crippen molar-refractivity contribution in [2.45, 2.75) is 63.5 Å². The maximum atomic E-state index is 13.0. The van der Waals surface area contributed by atoms with Gasteiger partial charge in [-0.2, -0.15) is 13.2 Å². The zero-order valence-corrected chi connectivity index (χ0v) is 16.1. The molecule has 0 rings (SSSR count). The minimum Gasteiger partial charge on any atom is -0.479 e. The van der Waals surface area contributed by atoms with Gasteiger partial charge in [0.2, 0.25) is 4.38 Å². The number of carbonyl (C=O) groups excluding carboxylic acids is 1. The average Bonchev–Trinajstić information content (AvgIpc) is 2.23. The van der Waals surface area contributed by atoms with Crippen LogP contribution in [0.15, 0.2) is 0 Å². The van der Waals surface area contributed by atoms with Crippen molar-refractivity contribution in [3.63, 3.8) is 0 Å². The highest BCUT2D eigenvalue weighted by atomic mass is 32.2. The molecule has 0 aromatic rings. The van der Waals surface area contributed by atoms with Gasteiger partial charge < -0.3 is 9.47 Å². The SMILES string of the molecule is CCOC(=S)SC(CC(OC(C)=O)C(F)(F)F)C[Si](C)(C)C. The molecule has 0 spiro atoms. The minimum absolute atomic E-state index is 0.231. The van der Waals surface area contributed by atoms with Gasteiger partial charge in [-0.25, -0.2) is 0 Å². The smallest absolute Gasteiger partial charge is 0.425 e. The number of esters is 1. The molecule has 0 aliphatic rings. The van der Waals surface area contributed by atoms with E-state index in [1.54, 1.807) is 6.92 Å². The molecule has 0 saturated heterocycles. The summed E-state index contributed by atoms with van der Waals surface area (Å²) < 4.78 is 48.9. The van der Waals surface area contributed by atoms with Crippen LogP contribution < -0.4 is 0 Å². The monoisotopic (exact) mass is 376 g/mol. The fraction of sp³-hybridized carbons (Fsp3) is 0.846. The number of alkyl halides is 3. The van der Waals surface area contributed by atoms with Gasteiger partial charge >= 0.3 is 12.1 Å². The number of carbonyl (C=O) groups is 1. The Hall–Kier alpha value is -0.283. The van der Waals surface area contributed by atoms with Gasteiger partial charge in [-0.3, -0.25) is 4.79 Å². The van der Waals surface area contributed by atoms with Crippen LogP contribution in [0.3, 0.4) is 0 Å². The summed E-state index contributed by atoms with van der Waals surface area (Å²) in [5.74, 6) is -0.938. The van der Waals surface area contributed by atoms with Crippen molar-refractivity contribution >= 4 is 42.4 Å². The van der Waals surface area contributed by atoms with Crippen molar-refractivity contribution in [2.24, 2.45) is 0 Å². The van der Waals surface area contributed by atoms with E-state index in [0.717, 1.165) is 18.7 Å². The predicted molar refractivity (Wildman–Crippen MR) is 90.0 cm³/mol. The Kier molecular flexibility index (Phi) is 9.00. The van der Waals surface area contributed by atoms with Crippen LogP contribution in [0.4, 0.5) is 13.2 Å². The number of hydrogen-bond donors (Lipinski definition) is 0. The second-order valence-corrected chi connectivity index (χ2v) is 13.5. The van der Waals surface area contributed by atoms with Crippen LogP contribution in [0.1, 0.15) is 20.3 Å². The minimum atomic E-state index is -4.59. The van der Waals surface area contributed by atoms with Gasteiger partial charge in [0.25, 0.3) is 0 Å². The molecule has 0 radical (unpaired) electrons. The maximum Gasteiger partial charge on any atom is 0.425 e. The summed E-state index contributed by atoms with van der Waals surface area (Å²) >= 11 is 6.14. The first-order chi connectivity index (χ1) is 9.85. The van der Waals surface area contributed by atoms with E-state index in [2.05, 4.69) is 24.4 Å². The van der Waals surface area contributed by atoms with Crippen molar-refractivity contribution in [3.8, 4) is 0 Å². The van der Waals surface area contributed by atoms with Crippen molar-refractivity contribution in [1.82, 2.24) is 0 Å². The lowest BCUT2D eigenvalue weighted by Crippen LogP contribution is -2.38. The molecule has 0 fully saturated rings. The highest BCUT2D eigenvalue weighted by Crippen LogP contribution is 2.34. The molecule has 0 aromatic carbocycles. The summed E-state index contributed by atoms with van der Waals surface area (Å²) in [6.45, 7) is 9.32. The molecule has 2 unspecified atom stereocenters. The number of thioether (sulfide) groups is 1. The second kappa shape index (κ2) is 9.12. The fourth-order valence-electron chi connectivity index (χ4n) is 1.83. The highest BCUT2D eigenvalue weighted by molar-refractivity contribution is 8.23. The van der Waals surface area contributed by atoms with Gasteiger partial charge in [-0.1, -0.05) is 31.4 Å². The summed E-state index contributed by atoms with van der Waals surface area (Å²) in [4.78, 5) is 10.9. The van der Waals surface area contributed by atoms with Crippen LogP contribution in [0, 0.1) is 0 Å². The van der Waals surface area contributed by atoms with Crippen LogP contribution in [-0.4, -0.2) is 42.6 Å². The molecule has 0 saturated carbocycles. The van der Waals surface area contributed by atoms with E-state index in [1.165, 1.54) is 0 Å². The molecular formula is C13H23F3O3S2Si. The number of halogens is 3. The van der Waals surface area contributed by atoms with E-state index in [0.29, 0.717) is 12.7 Å². The Bertz CT molecular complexity index is 384. The molecule has 0 aliphatic heterocycles. The Labute approximate surface area is 140 Å². The van der Waals surface area contributed by atoms with Crippen LogP contribution in [0.2, 0.25) is 25.7 Å². The van der Waals surface area contributed by atoms with Crippen LogP contribution in [0.5, 0.6) is 0 Å². The molecule has 2 atom stereocenters. The third-order valence-electron chi connectivity index (χ3n) is 2.52. The number of rotatable bonds is 7. The van der Waals surface area contributed by atoms with Gasteiger partial charge in [0.1, 0.15) is 0 Å². The van der Waals surface area contributed by atoms with Gasteiger partial charge in [0.15, 0.2) is 6.10 Å². The Morgan fingerprint density at radius 2 is 1.86 bits per heavy atom. The van der Waals surface area contributed by atoms with Crippen LogP contribution >= 0.6 is 24.0 Å². The number of ether oxygens (including phenoxy) is 2. The lowest BCUT2D eigenvalue weighted by atomic mass is 10.2. The first-order valence-electron chi connectivity index (χ1n) is 6.92. The van der Waals surface area contributed by atoms with Crippen molar-refractivity contribution < 1.29 is 27.4 Å². The van der Waals surface area contributed by atoms with Crippen LogP contribution in [-0.2, 0) is 14.3 Å². The Morgan fingerprint density at radius 1 is 1.32 bits per heavy atom. The van der Waals surface area contributed by atoms with Gasteiger partial charge in [0.05, 0.1) is 6.61 Å². The van der Waals surface area contributed by atoms with Crippen LogP contribution in [0.25, 0.3) is 0 Å². The average molecular weight is 377 g/mol. The Balaban J connectivity index is 5.04. The van der Waals surface area contributed by atoms with E-state index in [9.17, 15) is 18.0 Å². The highest BCUT2D eigenvalue weighted by Gasteiger charge is 2.44. The summed E-state index contributed by atoms with van der Waals surface area (Å²) in [5.41, 5.74) is 0. The summed E-state index contributed by atoms with van der Waals surface area (Å²) in [5, 5.41) is -0.392. The largest absolute Gasteiger partial charge is 0.479 e.